The second-order valence-corrected chi connectivity index (χ2v) is 4.35. The molecule has 0 radical (unpaired) electrons. The number of alkyl halides is 3. The summed E-state index contributed by atoms with van der Waals surface area (Å²) >= 11 is 0.943. The van der Waals surface area contributed by atoms with Gasteiger partial charge in [0.15, 0.2) is 0 Å². The number of aromatic nitrogens is 2. The first kappa shape index (κ1) is 14.7. The van der Waals surface area contributed by atoms with Crippen molar-refractivity contribution >= 4 is 22.4 Å². The summed E-state index contributed by atoms with van der Waals surface area (Å²) in [5, 5.41) is 10.5. The van der Waals surface area contributed by atoms with Gasteiger partial charge in [-0.15, -0.1) is 10.2 Å². The van der Waals surface area contributed by atoms with Gasteiger partial charge in [-0.3, -0.25) is 4.79 Å². The third-order valence-corrected chi connectivity index (χ3v) is 2.84. The summed E-state index contributed by atoms with van der Waals surface area (Å²) in [7, 11) is 0. The Hall–Kier alpha value is -1.38. The van der Waals surface area contributed by atoms with Crippen LogP contribution in [0.5, 0.6) is 0 Å². The number of hydrogen-bond donors (Lipinski definition) is 1. The average molecular weight is 282 g/mol. The zero-order valence-corrected chi connectivity index (χ0v) is 10.7. The van der Waals surface area contributed by atoms with Crippen LogP contribution >= 0.6 is 11.3 Å². The Bertz CT molecular complexity index is 407. The fraction of sp³-hybridized carbons (Fsp3) is 0.667. The number of rotatable bonds is 5. The fourth-order valence-electron chi connectivity index (χ4n) is 1.21. The van der Waals surface area contributed by atoms with Gasteiger partial charge < -0.3 is 10.2 Å². The van der Waals surface area contributed by atoms with E-state index in [1.165, 1.54) is 6.92 Å². The second kappa shape index (κ2) is 5.98. The SMILES string of the molecule is CCNc1nnc(C(=O)N(CC)CC(F)(F)F)s1. The zero-order chi connectivity index (χ0) is 13.8. The number of anilines is 1. The molecule has 18 heavy (non-hydrogen) atoms. The molecule has 102 valence electrons. The lowest BCUT2D eigenvalue weighted by Gasteiger charge is -2.20. The van der Waals surface area contributed by atoms with Crippen molar-refractivity contribution in [3.8, 4) is 0 Å². The first-order valence-electron chi connectivity index (χ1n) is 5.30. The minimum atomic E-state index is -4.42. The Labute approximate surface area is 106 Å². The molecule has 0 fully saturated rings. The van der Waals surface area contributed by atoms with Crippen LogP contribution in [0.15, 0.2) is 0 Å². The van der Waals surface area contributed by atoms with Crippen molar-refractivity contribution in [3.05, 3.63) is 5.01 Å². The molecular weight excluding hydrogens is 269 g/mol. The highest BCUT2D eigenvalue weighted by Gasteiger charge is 2.33. The number of nitrogens with zero attached hydrogens (tertiary/aromatic N) is 3. The molecule has 0 aliphatic rings. The van der Waals surface area contributed by atoms with E-state index < -0.39 is 18.6 Å². The topological polar surface area (TPSA) is 58.1 Å². The molecule has 0 aromatic carbocycles. The summed E-state index contributed by atoms with van der Waals surface area (Å²) in [6.07, 6.45) is -4.42. The fourth-order valence-corrected chi connectivity index (χ4v) is 1.99. The van der Waals surface area contributed by atoms with Crippen molar-refractivity contribution in [3.63, 3.8) is 0 Å². The van der Waals surface area contributed by atoms with E-state index in [0.717, 1.165) is 11.3 Å². The van der Waals surface area contributed by atoms with E-state index in [2.05, 4.69) is 15.5 Å². The maximum Gasteiger partial charge on any atom is 0.406 e. The lowest BCUT2D eigenvalue weighted by atomic mass is 10.4. The predicted molar refractivity (Wildman–Crippen MR) is 61.7 cm³/mol. The third kappa shape index (κ3) is 4.13. The van der Waals surface area contributed by atoms with Crippen molar-refractivity contribution in [2.75, 3.05) is 25.0 Å². The third-order valence-electron chi connectivity index (χ3n) is 1.98. The van der Waals surface area contributed by atoms with E-state index >= 15 is 0 Å². The second-order valence-electron chi connectivity index (χ2n) is 3.38. The molecular formula is C9H13F3N4OS. The Morgan fingerprint density at radius 2 is 2.06 bits per heavy atom. The largest absolute Gasteiger partial charge is 0.406 e. The van der Waals surface area contributed by atoms with Crippen LogP contribution in [0, 0.1) is 0 Å². The molecule has 1 amide bonds. The van der Waals surface area contributed by atoms with Crippen LogP contribution in [0.25, 0.3) is 0 Å². The highest BCUT2D eigenvalue weighted by atomic mass is 32.1. The highest BCUT2D eigenvalue weighted by Crippen LogP contribution is 2.20. The zero-order valence-electron chi connectivity index (χ0n) is 9.91. The van der Waals surface area contributed by atoms with Crippen LogP contribution in [0.4, 0.5) is 18.3 Å². The quantitative estimate of drug-likeness (QED) is 0.897. The number of nitrogens with one attached hydrogen (secondary N) is 1. The predicted octanol–water partition coefficient (Wildman–Crippen LogP) is 1.99. The van der Waals surface area contributed by atoms with Gasteiger partial charge in [0.1, 0.15) is 6.54 Å². The molecule has 5 nitrogen and oxygen atoms in total. The van der Waals surface area contributed by atoms with Gasteiger partial charge in [-0.2, -0.15) is 13.2 Å². The average Bonchev–Trinajstić information content (AvgIpc) is 2.73. The minimum Gasteiger partial charge on any atom is -0.360 e. The van der Waals surface area contributed by atoms with E-state index in [1.54, 1.807) is 0 Å². The van der Waals surface area contributed by atoms with Gasteiger partial charge in [0.2, 0.25) is 10.1 Å². The molecule has 0 saturated heterocycles. The van der Waals surface area contributed by atoms with Gasteiger partial charge in [0, 0.05) is 13.1 Å². The molecule has 0 atom stereocenters. The number of carbonyl (C=O) groups excluding carboxylic acids is 1. The number of carbonyl (C=O) groups is 1. The van der Waals surface area contributed by atoms with Gasteiger partial charge in [0.25, 0.3) is 5.91 Å². The maximum atomic E-state index is 12.3. The molecule has 0 saturated carbocycles. The Balaban J connectivity index is 2.76. The first-order chi connectivity index (χ1) is 8.37. The van der Waals surface area contributed by atoms with Crippen molar-refractivity contribution in [1.82, 2.24) is 15.1 Å². The van der Waals surface area contributed by atoms with Crippen molar-refractivity contribution in [1.29, 1.82) is 0 Å². The van der Waals surface area contributed by atoms with Gasteiger partial charge in [-0.05, 0) is 13.8 Å². The molecule has 0 aliphatic heterocycles. The number of halogens is 3. The van der Waals surface area contributed by atoms with E-state index in [-0.39, 0.29) is 11.6 Å². The highest BCUT2D eigenvalue weighted by molar-refractivity contribution is 7.17. The summed E-state index contributed by atoms with van der Waals surface area (Å²) in [6.45, 7) is 2.61. The molecule has 0 aliphatic carbocycles. The molecule has 1 heterocycles. The summed E-state index contributed by atoms with van der Waals surface area (Å²) in [5.41, 5.74) is 0. The van der Waals surface area contributed by atoms with Crippen LogP contribution in [0.3, 0.4) is 0 Å². The summed E-state index contributed by atoms with van der Waals surface area (Å²) in [5.74, 6) is -0.753. The Morgan fingerprint density at radius 3 is 2.56 bits per heavy atom. The molecule has 0 unspecified atom stereocenters. The van der Waals surface area contributed by atoms with E-state index in [4.69, 9.17) is 0 Å². The van der Waals surface area contributed by atoms with Gasteiger partial charge in [-0.1, -0.05) is 11.3 Å². The molecule has 9 heteroatoms. The van der Waals surface area contributed by atoms with Crippen molar-refractivity contribution in [2.24, 2.45) is 0 Å². The van der Waals surface area contributed by atoms with Crippen LogP contribution in [0.1, 0.15) is 23.6 Å². The van der Waals surface area contributed by atoms with Crippen LogP contribution in [-0.2, 0) is 0 Å². The van der Waals surface area contributed by atoms with Gasteiger partial charge >= 0.3 is 6.18 Å². The van der Waals surface area contributed by atoms with Crippen LogP contribution in [0.2, 0.25) is 0 Å². The van der Waals surface area contributed by atoms with E-state index in [9.17, 15) is 18.0 Å². The standard InChI is InChI=1S/C9H13F3N4OS/c1-3-13-8-15-14-6(18-8)7(17)16(4-2)5-9(10,11)12/h3-5H2,1-2H3,(H,13,15). The Kier molecular flexibility index (Phi) is 4.88. The molecule has 1 rings (SSSR count). The summed E-state index contributed by atoms with van der Waals surface area (Å²) < 4.78 is 36.8. The molecule has 1 aromatic rings. The maximum absolute atomic E-state index is 12.3. The van der Waals surface area contributed by atoms with Crippen molar-refractivity contribution < 1.29 is 18.0 Å². The normalized spacial score (nSPS) is 11.4. The molecule has 1 N–H and O–H groups in total. The van der Waals surface area contributed by atoms with E-state index in [1.807, 2.05) is 6.92 Å². The van der Waals surface area contributed by atoms with Crippen LogP contribution in [-0.4, -0.2) is 46.8 Å². The van der Waals surface area contributed by atoms with E-state index in [0.29, 0.717) is 16.6 Å². The van der Waals surface area contributed by atoms with Gasteiger partial charge in [0.05, 0.1) is 0 Å². The Morgan fingerprint density at radius 1 is 1.39 bits per heavy atom. The molecule has 0 bridgehead atoms. The molecule has 1 aromatic heterocycles. The lowest BCUT2D eigenvalue weighted by Crippen LogP contribution is -2.38. The number of amides is 1. The summed E-state index contributed by atoms with van der Waals surface area (Å²) in [4.78, 5) is 12.5. The first-order valence-corrected chi connectivity index (χ1v) is 6.12. The summed E-state index contributed by atoms with van der Waals surface area (Å²) in [6, 6.07) is 0. The van der Waals surface area contributed by atoms with Crippen LogP contribution < -0.4 is 5.32 Å². The smallest absolute Gasteiger partial charge is 0.360 e. The lowest BCUT2D eigenvalue weighted by molar-refractivity contribution is -0.140. The number of hydrogen-bond acceptors (Lipinski definition) is 5. The minimum absolute atomic E-state index is 0.0333. The van der Waals surface area contributed by atoms with Gasteiger partial charge in [-0.25, -0.2) is 0 Å². The monoisotopic (exact) mass is 282 g/mol. The molecule has 0 spiro atoms. The van der Waals surface area contributed by atoms with Crippen molar-refractivity contribution in [2.45, 2.75) is 20.0 Å².